The van der Waals surface area contributed by atoms with Gasteiger partial charge in [0.25, 0.3) is 0 Å². The van der Waals surface area contributed by atoms with Gasteiger partial charge >= 0.3 is 5.97 Å². The Kier molecular flexibility index (Phi) is 6.36. The van der Waals surface area contributed by atoms with Crippen LogP contribution in [0.4, 0.5) is 0 Å². The molecule has 0 aliphatic carbocycles. The largest absolute Gasteiger partial charge is 0.463 e. The van der Waals surface area contributed by atoms with Gasteiger partial charge in [0.05, 0.1) is 6.61 Å². The Morgan fingerprint density at radius 3 is 2.61 bits per heavy atom. The third-order valence-electron chi connectivity index (χ3n) is 3.43. The number of esters is 1. The van der Waals surface area contributed by atoms with Crippen LogP contribution in [0.1, 0.15) is 19.8 Å². The Hall–Kier alpha value is -0.870. The van der Waals surface area contributed by atoms with Crippen molar-refractivity contribution in [2.75, 3.05) is 46.9 Å². The number of rotatable bonds is 6. The number of nitrogens with zero attached hydrogens (tertiary/aromatic N) is 2. The van der Waals surface area contributed by atoms with Crippen molar-refractivity contribution in [3.8, 4) is 0 Å². The van der Waals surface area contributed by atoms with Gasteiger partial charge in [-0.2, -0.15) is 0 Å². The van der Waals surface area contributed by atoms with Gasteiger partial charge in [-0.25, -0.2) is 4.79 Å². The zero-order chi connectivity index (χ0) is 13.5. The molecule has 1 saturated heterocycles. The lowest BCUT2D eigenvalue weighted by Gasteiger charge is -2.31. The van der Waals surface area contributed by atoms with Gasteiger partial charge in [-0.05, 0) is 52.9 Å². The fourth-order valence-electron chi connectivity index (χ4n) is 2.37. The Bertz CT molecular complexity index is 284. The summed E-state index contributed by atoms with van der Waals surface area (Å²) in [6, 6.07) is 0. The molecular weight excluding hydrogens is 228 g/mol. The first-order chi connectivity index (χ1) is 8.52. The van der Waals surface area contributed by atoms with Gasteiger partial charge in [0, 0.05) is 18.7 Å². The van der Waals surface area contributed by atoms with Crippen molar-refractivity contribution in [2.45, 2.75) is 19.8 Å². The predicted molar refractivity (Wildman–Crippen MR) is 73.5 cm³/mol. The van der Waals surface area contributed by atoms with Crippen molar-refractivity contribution in [1.29, 1.82) is 0 Å². The Morgan fingerprint density at radius 2 is 2.06 bits per heavy atom. The van der Waals surface area contributed by atoms with E-state index in [0.29, 0.717) is 18.7 Å². The first-order valence-corrected chi connectivity index (χ1v) is 6.75. The minimum atomic E-state index is -0.271. The van der Waals surface area contributed by atoms with Gasteiger partial charge in [-0.1, -0.05) is 6.58 Å². The van der Waals surface area contributed by atoms with Crippen molar-refractivity contribution in [2.24, 2.45) is 5.92 Å². The fourth-order valence-corrected chi connectivity index (χ4v) is 2.37. The molecule has 0 bridgehead atoms. The van der Waals surface area contributed by atoms with Crippen molar-refractivity contribution in [3.63, 3.8) is 0 Å². The molecule has 1 rings (SSSR count). The van der Waals surface area contributed by atoms with E-state index in [1.807, 2.05) is 14.0 Å². The number of piperidine rings is 1. The van der Waals surface area contributed by atoms with Crippen molar-refractivity contribution in [1.82, 2.24) is 9.80 Å². The summed E-state index contributed by atoms with van der Waals surface area (Å²) >= 11 is 0. The summed E-state index contributed by atoms with van der Waals surface area (Å²) in [6.07, 6.45) is 2.49. The SMILES string of the molecule is C=C(CN(C)CC1CCN(C)CC1)C(=O)OCC. The second-order valence-electron chi connectivity index (χ2n) is 5.27. The summed E-state index contributed by atoms with van der Waals surface area (Å²) in [5.74, 6) is 0.467. The Balaban J connectivity index is 2.26. The molecular formula is C14H26N2O2. The molecule has 0 unspecified atom stereocenters. The lowest BCUT2D eigenvalue weighted by atomic mass is 9.96. The van der Waals surface area contributed by atoms with E-state index in [4.69, 9.17) is 4.74 Å². The maximum Gasteiger partial charge on any atom is 0.334 e. The molecule has 0 aromatic carbocycles. The van der Waals surface area contributed by atoms with Crippen LogP contribution in [0.3, 0.4) is 0 Å². The van der Waals surface area contributed by atoms with E-state index in [0.717, 1.165) is 12.5 Å². The fraction of sp³-hybridized carbons (Fsp3) is 0.786. The summed E-state index contributed by atoms with van der Waals surface area (Å²) in [6.45, 7) is 10.0. The van der Waals surface area contributed by atoms with Crippen molar-refractivity contribution < 1.29 is 9.53 Å². The second kappa shape index (κ2) is 7.54. The van der Waals surface area contributed by atoms with E-state index in [1.165, 1.54) is 25.9 Å². The summed E-state index contributed by atoms with van der Waals surface area (Å²) in [5.41, 5.74) is 0.548. The minimum absolute atomic E-state index is 0.271. The lowest BCUT2D eigenvalue weighted by Crippen LogP contribution is -2.36. The summed E-state index contributed by atoms with van der Waals surface area (Å²) in [7, 11) is 4.21. The average Bonchev–Trinajstić information content (AvgIpc) is 2.32. The molecule has 104 valence electrons. The monoisotopic (exact) mass is 254 g/mol. The molecule has 1 aliphatic rings. The van der Waals surface area contributed by atoms with Crippen molar-refractivity contribution >= 4 is 5.97 Å². The number of hydrogen-bond donors (Lipinski definition) is 0. The molecule has 1 heterocycles. The van der Waals surface area contributed by atoms with Gasteiger partial charge in [0.15, 0.2) is 0 Å². The number of likely N-dealkylation sites (tertiary alicyclic amines) is 1. The molecule has 0 aromatic heterocycles. The summed E-state index contributed by atoms with van der Waals surface area (Å²) in [5, 5.41) is 0. The second-order valence-corrected chi connectivity index (χ2v) is 5.27. The molecule has 0 spiro atoms. The predicted octanol–water partition coefficient (Wildman–Crippen LogP) is 1.38. The molecule has 1 fully saturated rings. The minimum Gasteiger partial charge on any atom is -0.463 e. The van der Waals surface area contributed by atoms with Crippen LogP contribution in [-0.4, -0.2) is 62.7 Å². The van der Waals surface area contributed by atoms with Gasteiger partial charge in [-0.3, -0.25) is 0 Å². The van der Waals surface area contributed by atoms with Crippen LogP contribution in [0.5, 0.6) is 0 Å². The van der Waals surface area contributed by atoms with Crippen molar-refractivity contribution in [3.05, 3.63) is 12.2 Å². The van der Waals surface area contributed by atoms with E-state index in [1.54, 1.807) is 0 Å². The van der Waals surface area contributed by atoms with E-state index in [9.17, 15) is 4.79 Å². The summed E-state index contributed by atoms with van der Waals surface area (Å²) < 4.78 is 4.94. The molecule has 0 radical (unpaired) electrons. The molecule has 0 saturated carbocycles. The van der Waals surface area contributed by atoms with Gasteiger partial charge < -0.3 is 14.5 Å². The lowest BCUT2D eigenvalue weighted by molar-refractivity contribution is -0.138. The van der Waals surface area contributed by atoms with E-state index in [-0.39, 0.29) is 5.97 Å². The number of hydrogen-bond acceptors (Lipinski definition) is 4. The van der Waals surface area contributed by atoms with E-state index >= 15 is 0 Å². The molecule has 0 atom stereocenters. The maximum atomic E-state index is 11.5. The van der Waals surface area contributed by atoms with Crippen LogP contribution in [0.2, 0.25) is 0 Å². The van der Waals surface area contributed by atoms with Crippen LogP contribution < -0.4 is 0 Å². The van der Waals surface area contributed by atoms with Gasteiger partial charge in [-0.15, -0.1) is 0 Å². The molecule has 0 aromatic rings. The highest BCUT2D eigenvalue weighted by atomic mass is 16.5. The quantitative estimate of drug-likeness (QED) is 0.529. The third-order valence-corrected chi connectivity index (χ3v) is 3.43. The van der Waals surface area contributed by atoms with Gasteiger partial charge in [0.2, 0.25) is 0 Å². The molecule has 0 N–H and O–H groups in total. The first-order valence-electron chi connectivity index (χ1n) is 6.75. The zero-order valence-electron chi connectivity index (χ0n) is 11.9. The van der Waals surface area contributed by atoms with E-state index in [2.05, 4.69) is 23.4 Å². The molecule has 0 amide bonds. The topological polar surface area (TPSA) is 32.8 Å². The maximum absolute atomic E-state index is 11.5. The number of carbonyl (C=O) groups is 1. The van der Waals surface area contributed by atoms with Crippen LogP contribution in [0.15, 0.2) is 12.2 Å². The molecule has 1 aliphatic heterocycles. The normalized spacial score (nSPS) is 18.0. The molecule has 4 nitrogen and oxygen atoms in total. The van der Waals surface area contributed by atoms with Crippen LogP contribution in [0.25, 0.3) is 0 Å². The Labute approximate surface area is 111 Å². The summed E-state index contributed by atoms with van der Waals surface area (Å²) in [4.78, 5) is 16.0. The van der Waals surface area contributed by atoms with Crippen LogP contribution >= 0.6 is 0 Å². The van der Waals surface area contributed by atoms with E-state index < -0.39 is 0 Å². The highest BCUT2D eigenvalue weighted by Crippen LogP contribution is 2.17. The number of likely N-dealkylation sites (N-methyl/N-ethyl adjacent to an activating group) is 1. The molecule has 4 heteroatoms. The zero-order valence-corrected chi connectivity index (χ0v) is 11.9. The van der Waals surface area contributed by atoms with Gasteiger partial charge in [0.1, 0.15) is 0 Å². The highest BCUT2D eigenvalue weighted by Gasteiger charge is 2.19. The number of ether oxygens (including phenoxy) is 1. The highest BCUT2D eigenvalue weighted by molar-refractivity contribution is 5.88. The third kappa shape index (κ3) is 5.19. The smallest absolute Gasteiger partial charge is 0.334 e. The van der Waals surface area contributed by atoms with Crippen LogP contribution in [-0.2, 0) is 9.53 Å². The standard InChI is InChI=1S/C14H26N2O2/c1-5-18-14(17)12(2)10-16(4)11-13-6-8-15(3)9-7-13/h13H,2,5-11H2,1,3-4H3. The van der Waals surface area contributed by atoms with Crippen LogP contribution in [0, 0.1) is 5.92 Å². The Morgan fingerprint density at radius 1 is 1.44 bits per heavy atom. The average molecular weight is 254 g/mol. The molecule has 18 heavy (non-hydrogen) atoms. The first kappa shape index (κ1) is 15.2. The number of carbonyl (C=O) groups excluding carboxylic acids is 1.